The van der Waals surface area contributed by atoms with Crippen LogP contribution in [0.2, 0.25) is 0 Å². The molecule has 0 fully saturated rings. The fourth-order valence-electron chi connectivity index (χ4n) is 1.65. The SMILES string of the molecule is Cn1cc(C(=O)Nc2ccc(C#CCCO)c(F)c2)cn1. The minimum atomic E-state index is -0.524. The summed E-state index contributed by atoms with van der Waals surface area (Å²) in [5.74, 6) is 4.38. The minimum absolute atomic E-state index is 0.0616. The number of hydrogen-bond donors (Lipinski definition) is 2. The zero-order valence-corrected chi connectivity index (χ0v) is 11.4. The highest BCUT2D eigenvalue weighted by Gasteiger charge is 2.09. The largest absolute Gasteiger partial charge is 0.395 e. The number of aliphatic hydroxyl groups is 1. The molecule has 5 nitrogen and oxygen atoms in total. The first-order valence-electron chi connectivity index (χ1n) is 6.29. The van der Waals surface area contributed by atoms with Crippen molar-refractivity contribution in [1.82, 2.24) is 9.78 Å². The number of nitrogens with zero attached hydrogens (tertiary/aromatic N) is 2. The van der Waals surface area contributed by atoms with Gasteiger partial charge in [0.15, 0.2) is 0 Å². The van der Waals surface area contributed by atoms with Gasteiger partial charge in [-0.15, -0.1) is 0 Å². The van der Waals surface area contributed by atoms with Crippen molar-refractivity contribution >= 4 is 11.6 Å². The maximum Gasteiger partial charge on any atom is 0.258 e. The van der Waals surface area contributed by atoms with E-state index in [4.69, 9.17) is 5.11 Å². The molecule has 0 atom stereocenters. The Morgan fingerprint density at radius 2 is 2.33 bits per heavy atom. The number of halogens is 1. The van der Waals surface area contributed by atoms with Crippen LogP contribution in [0.25, 0.3) is 0 Å². The van der Waals surface area contributed by atoms with Crippen LogP contribution < -0.4 is 5.32 Å². The van der Waals surface area contributed by atoms with Crippen LogP contribution in [0.5, 0.6) is 0 Å². The third-order valence-electron chi connectivity index (χ3n) is 2.65. The number of carbonyl (C=O) groups is 1. The molecule has 108 valence electrons. The summed E-state index contributed by atoms with van der Waals surface area (Å²) in [7, 11) is 1.70. The summed E-state index contributed by atoms with van der Waals surface area (Å²) >= 11 is 0. The summed E-state index contributed by atoms with van der Waals surface area (Å²) in [6, 6.07) is 4.26. The van der Waals surface area contributed by atoms with Crippen LogP contribution >= 0.6 is 0 Å². The van der Waals surface area contributed by atoms with Gasteiger partial charge in [0.05, 0.1) is 23.9 Å². The second-order valence-electron chi connectivity index (χ2n) is 4.33. The van der Waals surface area contributed by atoms with Crippen molar-refractivity contribution in [1.29, 1.82) is 0 Å². The van der Waals surface area contributed by atoms with Crippen molar-refractivity contribution in [3.63, 3.8) is 0 Å². The quantitative estimate of drug-likeness (QED) is 0.842. The van der Waals surface area contributed by atoms with Crippen LogP contribution in [-0.2, 0) is 7.05 Å². The van der Waals surface area contributed by atoms with Crippen LogP contribution in [0.15, 0.2) is 30.6 Å². The third-order valence-corrected chi connectivity index (χ3v) is 2.65. The maximum absolute atomic E-state index is 13.8. The summed E-state index contributed by atoms with van der Waals surface area (Å²) in [5, 5.41) is 15.1. The molecule has 0 spiro atoms. The monoisotopic (exact) mass is 287 g/mol. The molecule has 0 saturated heterocycles. The fraction of sp³-hybridized carbons (Fsp3) is 0.200. The zero-order valence-electron chi connectivity index (χ0n) is 11.4. The number of anilines is 1. The first-order chi connectivity index (χ1) is 10.1. The molecule has 1 aromatic heterocycles. The van der Waals surface area contributed by atoms with Gasteiger partial charge in [-0.25, -0.2) is 4.39 Å². The second-order valence-corrected chi connectivity index (χ2v) is 4.33. The van der Waals surface area contributed by atoms with Crippen molar-refractivity contribution in [3.8, 4) is 11.8 Å². The Bertz CT molecular complexity index is 713. The standard InChI is InChI=1S/C15H14FN3O2/c1-19-10-12(9-17-19)15(21)18-13-6-5-11(14(16)8-13)4-2-3-7-20/h5-6,8-10,20H,3,7H2,1H3,(H,18,21). The van der Waals surface area contributed by atoms with Crippen LogP contribution in [-0.4, -0.2) is 27.4 Å². The summed E-state index contributed by atoms with van der Waals surface area (Å²) in [4.78, 5) is 11.9. The predicted molar refractivity (Wildman–Crippen MR) is 76.1 cm³/mol. The molecule has 2 N–H and O–H groups in total. The smallest absolute Gasteiger partial charge is 0.258 e. The average molecular weight is 287 g/mol. The molecule has 0 radical (unpaired) electrons. The molecule has 0 aliphatic rings. The second kappa shape index (κ2) is 6.68. The van der Waals surface area contributed by atoms with E-state index in [9.17, 15) is 9.18 Å². The zero-order chi connectivity index (χ0) is 15.2. The van der Waals surface area contributed by atoms with Gasteiger partial charge in [-0.05, 0) is 18.2 Å². The van der Waals surface area contributed by atoms with Gasteiger partial charge in [0.2, 0.25) is 0 Å². The van der Waals surface area contributed by atoms with E-state index in [0.29, 0.717) is 17.7 Å². The lowest BCUT2D eigenvalue weighted by Gasteiger charge is -2.04. The normalized spacial score (nSPS) is 9.86. The Hall–Kier alpha value is -2.65. The molecule has 2 rings (SSSR count). The van der Waals surface area contributed by atoms with Crippen molar-refractivity contribution in [2.75, 3.05) is 11.9 Å². The first-order valence-corrected chi connectivity index (χ1v) is 6.29. The molecular formula is C15H14FN3O2. The summed E-state index contributed by atoms with van der Waals surface area (Å²) in [6.07, 6.45) is 3.29. The first kappa shape index (κ1) is 14.8. The highest BCUT2D eigenvalue weighted by molar-refractivity contribution is 6.03. The summed E-state index contributed by atoms with van der Waals surface area (Å²) in [5.41, 5.74) is 0.960. The molecule has 0 saturated carbocycles. The molecule has 0 unspecified atom stereocenters. The molecule has 0 aliphatic heterocycles. The van der Waals surface area contributed by atoms with Crippen molar-refractivity contribution in [3.05, 3.63) is 47.5 Å². The Balaban J connectivity index is 2.10. The lowest BCUT2D eigenvalue weighted by molar-refractivity contribution is 0.102. The molecule has 1 amide bonds. The number of aryl methyl sites for hydroxylation is 1. The van der Waals surface area contributed by atoms with E-state index in [0.717, 1.165) is 0 Å². The van der Waals surface area contributed by atoms with E-state index < -0.39 is 5.82 Å². The molecule has 0 bridgehead atoms. The maximum atomic E-state index is 13.8. The number of rotatable bonds is 3. The van der Waals surface area contributed by atoms with Gasteiger partial charge < -0.3 is 10.4 Å². The third kappa shape index (κ3) is 3.91. The number of aromatic nitrogens is 2. The molecule has 1 aromatic carbocycles. The van der Waals surface area contributed by atoms with Gasteiger partial charge >= 0.3 is 0 Å². The van der Waals surface area contributed by atoms with Crippen molar-refractivity contribution < 1.29 is 14.3 Å². The molecule has 2 aromatic rings. The van der Waals surface area contributed by atoms with E-state index in [1.165, 1.54) is 23.0 Å². The van der Waals surface area contributed by atoms with E-state index in [-0.39, 0.29) is 18.1 Å². The summed E-state index contributed by atoms with van der Waals surface area (Å²) < 4.78 is 15.3. The Morgan fingerprint density at radius 1 is 1.52 bits per heavy atom. The molecular weight excluding hydrogens is 273 g/mol. The van der Waals surface area contributed by atoms with Crippen LogP contribution in [0.4, 0.5) is 10.1 Å². The van der Waals surface area contributed by atoms with Gasteiger partial charge in [-0.3, -0.25) is 9.48 Å². The fourth-order valence-corrected chi connectivity index (χ4v) is 1.65. The number of aliphatic hydroxyl groups excluding tert-OH is 1. The minimum Gasteiger partial charge on any atom is -0.395 e. The number of nitrogens with one attached hydrogen (secondary N) is 1. The van der Waals surface area contributed by atoms with Gasteiger partial charge in [0, 0.05) is 25.4 Å². The van der Waals surface area contributed by atoms with Gasteiger partial charge in [0.25, 0.3) is 5.91 Å². The van der Waals surface area contributed by atoms with Crippen LogP contribution in [0.3, 0.4) is 0 Å². The molecule has 6 heteroatoms. The van der Waals surface area contributed by atoms with Crippen molar-refractivity contribution in [2.45, 2.75) is 6.42 Å². The number of amides is 1. The lowest BCUT2D eigenvalue weighted by atomic mass is 10.2. The predicted octanol–water partition coefficient (Wildman–Crippen LogP) is 1.55. The molecule has 1 heterocycles. The Morgan fingerprint density at radius 3 is 2.95 bits per heavy atom. The van der Waals surface area contributed by atoms with Crippen LogP contribution in [0, 0.1) is 17.7 Å². The van der Waals surface area contributed by atoms with Crippen LogP contribution in [0.1, 0.15) is 22.3 Å². The van der Waals surface area contributed by atoms with Gasteiger partial charge in [-0.2, -0.15) is 5.10 Å². The number of carbonyl (C=O) groups excluding carboxylic acids is 1. The van der Waals surface area contributed by atoms with Gasteiger partial charge in [0.1, 0.15) is 5.82 Å². The topological polar surface area (TPSA) is 67.2 Å². The lowest BCUT2D eigenvalue weighted by Crippen LogP contribution is -2.11. The van der Waals surface area contributed by atoms with E-state index >= 15 is 0 Å². The van der Waals surface area contributed by atoms with E-state index in [1.807, 2.05) is 0 Å². The summed E-state index contributed by atoms with van der Waals surface area (Å²) in [6.45, 7) is -0.0616. The van der Waals surface area contributed by atoms with Gasteiger partial charge in [-0.1, -0.05) is 11.8 Å². The van der Waals surface area contributed by atoms with E-state index in [1.54, 1.807) is 19.3 Å². The number of hydrogen-bond acceptors (Lipinski definition) is 3. The highest BCUT2D eigenvalue weighted by atomic mass is 19.1. The van der Waals surface area contributed by atoms with E-state index in [2.05, 4.69) is 22.3 Å². The Labute approximate surface area is 121 Å². The molecule has 0 aliphatic carbocycles. The average Bonchev–Trinajstić information content (AvgIpc) is 2.88. The molecule has 21 heavy (non-hydrogen) atoms. The number of benzene rings is 1. The van der Waals surface area contributed by atoms with Crippen molar-refractivity contribution in [2.24, 2.45) is 7.05 Å². The highest BCUT2D eigenvalue weighted by Crippen LogP contribution is 2.15. The Kier molecular flexibility index (Phi) is 4.69.